The number of ether oxygens (including phenoxy) is 1. The van der Waals surface area contributed by atoms with Gasteiger partial charge in [-0.2, -0.15) is 5.10 Å². The van der Waals surface area contributed by atoms with Gasteiger partial charge in [-0.1, -0.05) is 44.2 Å². The number of nitrogens with two attached hydrogens (primary N) is 1. The first-order valence-electron chi connectivity index (χ1n) is 8.65. The minimum atomic E-state index is -0.936. The summed E-state index contributed by atoms with van der Waals surface area (Å²) >= 11 is 0. The molecule has 1 aliphatic rings. The van der Waals surface area contributed by atoms with Crippen molar-refractivity contribution in [2.75, 3.05) is 11.9 Å². The molecule has 6 nitrogen and oxygen atoms in total. The lowest BCUT2D eigenvalue weighted by atomic mass is 9.54. The quantitative estimate of drug-likeness (QED) is 0.844. The van der Waals surface area contributed by atoms with E-state index in [0.717, 1.165) is 5.56 Å². The Balaban J connectivity index is 1.64. The first-order valence-corrected chi connectivity index (χ1v) is 8.65. The number of hydrogen-bond acceptors (Lipinski definition) is 4. The number of amides is 1. The molecule has 2 aromatic rings. The van der Waals surface area contributed by atoms with Crippen LogP contribution in [-0.4, -0.2) is 33.9 Å². The van der Waals surface area contributed by atoms with Crippen LogP contribution >= 0.6 is 0 Å². The van der Waals surface area contributed by atoms with Crippen LogP contribution in [0.2, 0.25) is 0 Å². The minimum Gasteiger partial charge on any atom is -0.378 e. The molecule has 1 amide bonds. The van der Waals surface area contributed by atoms with Crippen LogP contribution in [0.4, 0.5) is 5.69 Å². The maximum absolute atomic E-state index is 12.7. The second-order valence-electron chi connectivity index (χ2n) is 7.21. The molecule has 3 N–H and O–H groups in total. The van der Waals surface area contributed by atoms with Gasteiger partial charge in [0, 0.05) is 24.6 Å². The topological polar surface area (TPSA) is 82.2 Å². The molecule has 1 fully saturated rings. The largest absolute Gasteiger partial charge is 0.378 e. The van der Waals surface area contributed by atoms with E-state index in [9.17, 15) is 4.79 Å². The molecule has 134 valence electrons. The average molecular weight is 342 g/mol. The first-order chi connectivity index (χ1) is 11.9. The molecule has 1 heterocycles. The predicted molar refractivity (Wildman–Crippen MR) is 97.1 cm³/mol. The lowest BCUT2D eigenvalue weighted by molar-refractivity contribution is -0.166. The molecule has 3 rings (SSSR count). The van der Waals surface area contributed by atoms with Gasteiger partial charge in [0.25, 0.3) is 0 Å². The van der Waals surface area contributed by atoms with Crippen LogP contribution in [0.15, 0.2) is 42.7 Å². The van der Waals surface area contributed by atoms with Crippen LogP contribution in [0.5, 0.6) is 0 Å². The van der Waals surface area contributed by atoms with Gasteiger partial charge >= 0.3 is 0 Å². The summed E-state index contributed by atoms with van der Waals surface area (Å²) < 4.78 is 7.48. The number of benzene rings is 1. The number of anilines is 1. The van der Waals surface area contributed by atoms with E-state index in [2.05, 4.69) is 10.4 Å². The molecule has 1 aliphatic carbocycles. The van der Waals surface area contributed by atoms with Gasteiger partial charge in [0.2, 0.25) is 5.91 Å². The average Bonchev–Trinajstić information content (AvgIpc) is 3.02. The van der Waals surface area contributed by atoms with Crippen molar-refractivity contribution >= 4 is 11.6 Å². The Morgan fingerprint density at radius 1 is 1.40 bits per heavy atom. The molecular formula is C19H26N4O2. The lowest BCUT2D eigenvalue weighted by Crippen LogP contribution is -2.74. The van der Waals surface area contributed by atoms with Crippen LogP contribution in [0.25, 0.3) is 0 Å². The van der Waals surface area contributed by atoms with Crippen LogP contribution in [0.3, 0.4) is 0 Å². The lowest BCUT2D eigenvalue weighted by Gasteiger charge is -2.57. The van der Waals surface area contributed by atoms with Crippen molar-refractivity contribution in [3.8, 4) is 0 Å². The summed E-state index contributed by atoms with van der Waals surface area (Å²) in [5.74, 6) is -0.187. The van der Waals surface area contributed by atoms with Crippen LogP contribution in [0, 0.1) is 5.41 Å². The van der Waals surface area contributed by atoms with E-state index in [0.29, 0.717) is 25.3 Å². The summed E-state index contributed by atoms with van der Waals surface area (Å²) in [6.07, 6.45) is 4.00. The zero-order valence-corrected chi connectivity index (χ0v) is 15.0. The Kier molecular flexibility index (Phi) is 4.67. The number of carbonyl (C=O) groups is 1. The second-order valence-corrected chi connectivity index (χ2v) is 7.21. The molecule has 0 spiro atoms. The summed E-state index contributed by atoms with van der Waals surface area (Å²) in [6, 6.07) is 10.0. The third-order valence-electron chi connectivity index (χ3n) is 5.31. The Morgan fingerprint density at radius 3 is 2.76 bits per heavy atom. The molecule has 2 unspecified atom stereocenters. The molecule has 0 radical (unpaired) electrons. The van der Waals surface area contributed by atoms with Crippen LogP contribution < -0.4 is 11.1 Å². The Bertz CT molecular complexity index is 741. The van der Waals surface area contributed by atoms with E-state index < -0.39 is 11.0 Å². The van der Waals surface area contributed by atoms with Crippen LogP contribution in [0.1, 0.15) is 32.8 Å². The van der Waals surface area contributed by atoms with E-state index in [1.165, 1.54) is 0 Å². The van der Waals surface area contributed by atoms with E-state index in [-0.39, 0.29) is 12.0 Å². The Morgan fingerprint density at radius 2 is 2.12 bits per heavy atom. The highest BCUT2D eigenvalue weighted by Crippen LogP contribution is 2.50. The third-order valence-corrected chi connectivity index (χ3v) is 5.31. The molecule has 1 aromatic carbocycles. The van der Waals surface area contributed by atoms with Gasteiger partial charge in [-0.3, -0.25) is 9.48 Å². The number of rotatable bonds is 6. The monoisotopic (exact) mass is 342 g/mol. The highest BCUT2D eigenvalue weighted by molar-refractivity contribution is 5.99. The van der Waals surface area contributed by atoms with Crippen molar-refractivity contribution in [3.05, 3.63) is 48.3 Å². The summed E-state index contributed by atoms with van der Waals surface area (Å²) in [5.41, 5.74) is 6.86. The van der Waals surface area contributed by atoms with E-state index in [1.807, 2.05) is 57.3 Å². The molecule has 25 heavy (non-hydrogen) atoms. The van der Waals surface area contributed by atoms with Gasteiger partial charge in [-0.05, 0) is 12.5 Å². The second kappa shape index (κ2) is 6.61. The van der Waals surface area contributed by atoms with Crippen molar-refractivity contribution in [3.63, 3.8) is 0 Å². The van der Waals surface area contributed by atoms with Crippen molar-refractivity contribution in [1.82, 2.24) is 9.78 Å². The summed E-state index contributed by atoms with van der Waals surface area (Å²) in [7, 11) is 0. The third kappa shape index (κ3) is 3.19. The first kappa shape index (κ1) is 17.6. The van der Waals surface area contributed by atoms with Gasteiger partial charge in [-0.15, -0.1) is 0 Å². The van der Waals surface area contributed by atoms with E-state index in [4.69, 9.17) is 10.5 Å². The number of hydrogen-bond donors (Lipinski definition) is 2. The standard InChI is InChI=1S/C19H26N4O2/c1-4-25-16-10-19(20,18(16,2)3)17(24)22-15-11-21-23(13-15)12-14-8-6-5-7-9-14/h5-9,11,13,16H,4,10,12,20H2,1-3H3,(H,22,24). The number of nitrogens with one attached hydrogen (secondary N) is 1. The van der Waals surface area contributed by atoms with Gasteiger partial charge in [0.1, 0.15) is 5.54 Å². The van der Waals surface area contributed by atoms with Gasteiger partial charge in [0.05, 0.1) is 24.5 Å². The predicted octanol–water partition coefficient (Wildman–Crippen LogP) is 2.40. The fraction of sp³-hybridized carbons (Fsp3) is 0.474. The maximum Gasteiger partial charge on any atom is 0.245 e. The molecule has 2 atom stereocenters. The number of carbonyl (C=O) groups excluding carboxylic acids is 1. The highest BCUT2D eigenvalue weighted by atomic mass is 16.5. The zero-order valence-electron chi connectivity index (χ0n) is 15.0. The number of aromatic nitrogens is 2. The molecule has 1 aromatic heterocycles. The van der Waals surface area contributed by atoms with Crippen molar-refractivity contribution < 1.29 is 9.53 Å². The van der Waals surface area contributed by atoms with E-state index >= 15 is 0 Å². The van der Waals surface area contributed by atoms with Crippen LogP contribution in [-0.2, 0) is 16.1 Å². The summed E-state index contributed by atoms with van der Waals surface area (Å²) in [4.78, 5) is 12.7. The molecule has 0 saturated heterocycles. The molecule has 6 heteroatoms. The van der Waals surface area contributed by atoms with Crippen molar-refractivity contribution in [2.24, 2.45) is 11.1 Å². The SMILES string of the molecule is CCOC1CC(N)(C(=O)Nc2cnn(Cc3ccccc3)c2)C1(C)C. The zero-order chi connectivity index (χ0) is 18.1. The fourth-order valence-electron chi connectivity index (χ4n) is 3.35. The Hall–Kier alpha value is -2.18. The van der Waals surface area contributed by atoms with Crippen molar-refractivity contribution in [1.29, 1.82) is 0 Å². The maximum atomic E-state index is 12.7. The summed E-state index contributed by atoms with van der Waals surface area (Å²) in [6.45, 7) is 7.19. The molecular weight excluding hydrogens is 316 g/mol. The summed E-state index contributed by atoms with van der Waals surface area (Å²) in [5, 5.41) is 7.21. The van der Waals surface area contributed by atoms with Gasteiger partial charge in [-0.25, -0.2) is 0 Å². The highest BCUT2D eigenvalue weighted by Gasteiger charge is 2.62. The van der Waals surface area contributed by atoms with Crippen molar-refractivity contribution in [2.45, 2.75) is 45.4 Å². The fourth-order valence-corrected chi connectivity index (χ4v) is 3.35. The Labute approximate surface area is 148 Å². The van der Waals surface area contributed by atoms with Gasteiger partial charge in [0.15, 0.2) is 0 Å². The minimum absolute atomic E-state index is 0.00838. The smallest absolute Gasteiger partial charge is 0.245 e. The van der Waals surface area contributed by atoms with Gasteiger partial charge < -0.3 is 15.8 Å². The normalized spacial score (nSPS) is 24.6. The van der Waals surface area contributed by atoms with E-state index in [1.54, 1.807) is 10.9 Å². The molecule has 0 bridgehead atoms. The molecule has 1 saturated carbocycles. The number of nitrogens with zero attached hydrogens (tertiary/aromatic N) is 2. The molecule has 0 aliphatic heterocycles.